The molecule has 0 saturated carbocycles. The van der Waals surface area contributed by atoms with Crippen molar-refractivity contribution in [1.29, 1.82) is 0 Å². The van der Waals surface area contributed by atoms with Gasteiger partial charge in [0.05, 0.1) is 5.92 Å². The number of carbonyl (C=O) groups is 3. The van der Waals surface area contributed by atoms with Crippen LogP contribution in [0.2, 0.25) is 0 Å². The Bertz CT molecular complexity index is 794. The molecule has 0 bridgehead atoms. The third kappa shape index (κ3) is 6.82. The van der Waals surface area contributed by atoms with Gasteiger partial charge in [-0.1, -0.05) is 0 Å². The zero-order valence-corrected chi connectivity index (χ0v) is 18.7. The van der Waals surface area contributed by atoms with E-state index in [1.165, 1.54) is 18.2 Å². The summed E-state index contributed by atoms with van der Waals surface area (Å²) >= 11 is 0. The van der Waals surface area contributed by atoms with Crippen LogP contribution >= 0.6 is 0 Å². The number of halogens is 1. The Morgan fingerprint density at radius 1 is 1.17 bits per heavy atom. The lowest BCUT2D eigenvalue weighted by molar-refractivity contribution is -0.162. The van der Waals surface area contributed by atoms with E-state index in [1.807, 2.05) is 0 Å². The van der Waals surface area contributed by atoms with Crippen LogP contribution in [0.4, 0.5) is 9.18 Å². The van der Waals surface area contributed by atoms with Crippen molar-refractivity contribution in [1.82, 2.24) is 4.90 Å². The first-order valence-corrected chi connectivity index (χ1v) is 10.2. The molecule has 2 rings (SSSR count). The molecule has 1 aliphatic heterocycles. The van der Waals surface area contributed by atoms with Crippen LogP contribution in [-0.2, 0) is 20.7 Å². The first kappa shape index (κ1) is 23.8. The minimum absolute atomic E-state index is 0.0925. The van der Waals surface area contributed by atoms with Gasteiger partial charge in [-0.25, -0.2) is 9.18 Å². The molecule has 6 nitrogen and oxygen atoms in total. The van der Waals surface area contributed by atoms with E-state index in [-0.39, 0.29) is 17.9 Å². The number of amides is 1. The van der Waals surface area contributed by atoms with Crippen LogP contribution in [0.25, 0.3) is 0 Å². The molecule has 1 aromatic rings. The van der Waals surface area contributed by atoms with Crippen molar-refractivity contribution in [2.45, 2.75) is 65.6 Å². The summed E-state index contributed by atoms with van der Waals surface area (Å²) in [7, 11) is 0. The lowest BCUT2D eigenvalue weighted by atomic mass is 9.85. The summed E-state index contributed by atoms with van der Waals surface area (Å²) in [5.74, 6) is -1.76. The molecule has 1 fully saturated rings. The molecular weight excluding hydrogens is 389 g/mol. The standard InChI is InChI=1S/C23H32FNO5/c1-22(2,3)29-20(27)18(12-17-11-15(14-26)7-8-19(17)24)16-9-10-25(13-16)21(28)30-23(4,5)6/h7-8,11,14,16,18H,9-10,12-13H2,1-6H3/t16-,18-/m0/s1. The predicted octanol–water partition coefficient (Wildman–Crippen LogP) is 4.40. The number of benzene rings is 1. The van der Waals surface area contributed by atoms with Crippen molar-refractivity contribution in [3.63, 3.8) is 0 Å². The van der Waals surface area contributed by atoms with Gasteiger partial charge in [0.1, 0.15) is 23.3 Å². The largest absolute Gasteiger partial charge is 0.460 e. The van der Waals surface area contributed by atoms with E-state index in [9.17, 15) is 18.8 Å². The van der Waals surface area contributed by atoms with E-state index in [1.54, 1.807) is 46.4 Å². The van der Waals surface area contributed by atoms with E-state index in [4.69, 9.17) is 9.47 Å². The molecule has 1 amide bonds. The number of aldehydes is 1. The third-order valence-corrected chi connectivity index (χ3v) is 4.80. The van der Waals surface area contributed by atoms with Crippen LogP contribution < -0.4 is 0 Å². The van der Waals surface area contributed by atoms with Crippen LogP contribution in [0, 0.1) is 17.7 Å². The average molecular weight is 422 g/mol. The molecule has 166 valence electrons. The second kappa shape index (κ2) is 9.14. The summed E-state index contributed by atoms with van der Waals surface area (Å²) in [5.41, 5.74) is -0.678. The molecule has 0 unspecified atom stereocenters. The molecule has 1 saturated heterocycles. The summed E-state index contributed by atoms with van der Waals surface area (Å²) in [5, 5.41) is 0. The lowest BCUT2D eigenvalue weighted by Crippen LogP contribution is -2.38. The van der Waals surface area contributed by atoms with Gasteiger partial charge in [0.2, 0.25) is 0 Å². The minimum atomic E-state index is -0.692. The summed E-state index contributed by atoms with van der Waals surface area (Å²) in [6.45, 7) is 11.5. The van der Waals surface area contributed by atoms with Gasteiger partial charge < -0.3 is 14.4 Å². The van der Waals surface area contributed by atoms with Crippen LogP contribution in [0.3, 0.4) is 0 Å². The minimum Gasteiger partial charge on any atom is -0.460 e. The van der Waals surface area contributed by atoms with E-state index in [0.29, 0.717) is 31.4 Å². The number of hydrogen-bond donors (Lipinski definition) is 0. The Morgan fingerprint density at radius 2 is 1.80 bits per heavy atom. The lowest BCUT2D eigenvalue weighted by Gasteiger charge is -2.28. The van der Waals surface area contributed by atoms with Gasteiger partial charge in [0.15, 0.2) is 0 Å². The average Bonchev–Trinajstić information content (AvgIpc) is 3.07. The van der Waals surface area contributed by atoms with Gasteiger partial charge >= 0.3 is 12.1 Å². The Labute approximate surface area is 177 Å². The van der Waals surface area contributed by atoms with Crippen LogP contribution in [0.15, 0.2) is 18.2 Å². The van der Waals surface area contributed by atoms with E-state index >= 15 is 0 Å². The molecule has 0 radical (unpaired) electrons. The molecule has 0 aliphatic carbocycles. The summed E-state index contributed by atoms with van der Waals surface area (Å²) < 4.78 is 25.4. The molecule has 0 aromatic heterocycles. The Morgan fingerprint density at radius 3 is 2.37 bits per heavy atom. The number of carbonyl (C=O) groups excluding carboxylic acids is 3. The van der Waals surface area contributed by atoms with Crippen LogP contribution in [0.5, 0.6) is 0 Å². The number of ether oxygens (including phenoxy) is 2. The van der Waals surface area contributed by atoms with Gasteiger partial charge in [-0.2, -0.15) is 0 Å². The number of nitrogens with zero attached hydrogens (tertiary/aromatic N) is 1. The van der Waals surface area contributed by atoms with Crippen molar-refractivity contribution >= 4 is 18.3 Å². The van der Waals surface area contributed by atoms with Crippen LogP contribution in [-0.4, -0.2) is 47.5 Å². The zero-order chi connectivity index (χ0) is 22.7. The second-order valence-corrected chi connectivity index (χ2v) is 9.79. The first-order valence-electron chi connectivity index (χ1n) is 10.2. The monoisotopic (exact) mass is 421 g/mol. The normalized spacial score (nSPS) is 18.1. The Balaban J connectivity index is 2.23. The molecule has 1 aromatic carbocycles. The smallest absolute Gasteiger partial charge is 0.410 e. The fourth-order valence-electron chi connectivity index (χ4n) is 3.49. The molecule has 0 spiro atoms. The molecule has 1 aliphatic rings. The SMILES string of the molecule is CC(C)(C)OC(=O)[C@@H](Cc1cc(C=O)ccc1F)[C@H]1CCN(C(=O)OC(C)(C)C)C1. The van der Waals surface area contributed by atoms with E-state index in [2.05, 4.69) is 0 Å². The quantitative estimate of drug-likeness (QED) is 0.521. The van der Waals surface area contributed by atoms with Crippen molar-refractivity contribution in [3.05, 3.63) is 35.1 Å². The summed E-state index contributed by atoms with van der Waals surface area (Å²) in [6, 6.07) is 4.08. The molecule has 0 N–H and O–H groups in total. The maximum absolute atomic E-state index is 14.4. The molecule has 1 heterocycles. The highest BCUT2D eigenvalue weighted by molar-refractivity contribution is 5.76. The topological polar surface area (TPSA) is 72.9 Å². The Kier molecular flexibility index (Phi) is 7.27. The first-order chi connectivity index (χ1) is 13.8. The van der Waals surface area contributed by atoms with Gasteiger partial charge in [-0.05, 0) is 84.1 Å². The molecule has 2 atom stereocenters. The number of likely N-dealkylation sites (tertiary alicyclic amines) is 1. The maximum Gasteiger partial charge on any atom is 0.410 e. The molecular formula is C23H32FNO5. The Hall–Kier alpha value is -2.44. The van der Waals surface area contributed by atoms with Crippen LogP contribution in [0.1, 0.15) is 63.9 Å². The van der Waals surface area contributed by atoms with Gasteiger partial charge in [0.25, 0.3) is 0 Å². The fourth-order valence-corrected chi connectivity index (χ4v) is 3.49. The number of hydrogen-bond acceptors (Lipinski definition) is 5. The van der Waals surface area contributed by atoms with Crippen molar-refractivity contribution < 1.29 is 28.2 Å². The highest BCUT2D eigenvalue weighted by Gasteiger charge is 2.39. The summed E-state index contributed by atoms with van der Waals surface area (Å²) in [6.07, 6.45) is 0.889. The zero-order valence-electron chi connectivity index (χ0n) is 18.7. The fraction of sp³-hybridized carbons (Fsp3) is 0.609. The second-order valence-electron chi connectivity index (χ2n) is 9.79. The van der Waals surface area contributed by atoms with E-state index in [0.717, 1.165) is 0 Å². The van der Waals surface area contributed by atoms with Crippen molar-refractivity contribution in [2.24, 2.45) is 11.8 Å². The van der Waals surface area contributed by atoms with Gasteiger partial charge in [-0.15, -0.1) is 0 Å². The van der Waals surface area contributed by atoms with Gasteiger partial charge in [-0.3, -0.25) is 9.59 Å². The third-order valence-electron chi connectivity index (χ3n) is 4.80. The predicted molar refractivity (Wildman–Crippen MR) is 111 cm³/mol. The number of esters is 1. The highest BCUT2D eigenvalue weighted by atomic mass is 19.1. The molecule has 7 heteroatoms. The summed E-state index contributed by atoms with van der Waals surface area (Å²) in [4.78, 5) is 38.1. The van der Waals surface area contributed by atoms with Crippen molar-refractivity contribution in [3.8, 4) is 0 Å². The van der Waals surface area contributed by atoms with E-state index < -0.39 is 35.0 Å². The van der Waals surface area contributed by atoms with Crippen molar-refractivity contribution in [2.75, 3.05) is 13.1 Å². The highest BCUT2D eigenvalue weighted by Crippen LogP contribution is 2.31. The van der Waals surface area contributed by atoms with Gasteiger partial charge in [0, 0.05) is 18.7 Å². The maximum atomic E-state index is 14.4. The number of rotatable bonds is 5. The molecule has 30 heavy (non-hydrogen) atoms.